The van der Waals surface area contributed by atoms with Crippen LogP contribution in [0.25, 0.3) is 11.4 Å². The van der Waals surface area contributed by atoms with Crippen LogP contribution < -0.4 is 0 Å². The fraction of sp³-hybridized carbons (Fsp3) is 0.250. The van der Waals surface area contributed by atoms with Crippen LogP contribution in [0.2, 0.25) is 0 Å². The van der Waals surface area contributed by atoms with Crippen molar-refractivity contribution in [3.8, 4) is 11.4 Å². The number of thioether (sulfide) groups is 1. The number of furan rings is 1. The highest BCUT2D eigenvalue weighted by molar-refractivity contribution is 9.11. The second kappa shape index (κ2) is 10.1. The highest BCUT2D eigenvalue weighted by Crippen LogP contribution is 2.28. The van der Waals surface area contributed by atoms with Gasteiger partial charge in [0.2, 0.25) is 5.91 Å². The molecule has 0 aliphatic carbocycles. The summed E-state index contributed by atoms with van der Waals surface area (Å²) in [4.78, 5) is 15.7. The summed E-state index contributed by atoms with van der Waals surface area (Å²) < 4.78 is 8.38. The van der Waals surface area contributed by atoms with E-state index in [0.29, 0.717) is 30.6 Å². The van der Waals surface area contributed by atoms with Gasteiger partial charge < -0.3 is 9.32 Å². The number of nitrogens with zero attached hydrogens (tertiary/aromatic N) is 4. The molecule has 0 aromatic carbocycles. The number of hydrogen-bond acceptors (Lipinski definition) is 6. The quantitative estimate of drug-likeness (QED) is 0.288. The molecule has 3 heterocycles. The van der Waals surface area contributed by atoms with Gasteiger partial charge in [0.1, 0.15) is 5.76 Å². The van der Waals surface area contributed by atoms with Crippen LogP contribution in [0.4, 0.5) is 0 Å². The van der Waals surface area contributed by atoms with Crippen LogP contribution in [0.5, 0.6) is 0 Å². The summed E-state index contributed by atoms with van der Waals surface area (Å²) >= 11 is 6.45. The summed E-state index contributed by atoms with van der Waals surface area (Å²) in [6, 6.07) is 5.87. The first kappa shape index (κ1) is 21.6. The molecule has 0 bridgehead atoms. The van der Waals surface area contributed by atoms with Crippen molar-refractivity contribution in [3.63, 3.8) is 0 Å². The maximum absolute atomic E-state index is 12.8. The van der Waals surface area contributed by atoms with Gasteiger partial charge in [-0.05, 0) is 41.1 Å². The number of allylic oxidation sites excluding steroid dienone is 1. The van der Waals surface area contributed by atoms with Gasteiger partial charge in [-0.3, -0.25) is 9.36 Å². The number of hydrogen-bond donors (Lipinski definition) is 0. The smallest absolute Gasteiger partial charge is 0.233 e. The average Bonchev–Trinajstić information content (AvgIpc) is 3.40. The third-order valence-corrected chi connectivity index (χ3v) is 6.69. The number of aromatic nitrogens is 3. The highest BCUT2D eigenvalue weighted by Gasteiger charge is 2.19. The first-order chi connectivity index (χ1) is 14.0. The normalized spacial score (nSPS) is 10.8. The molecule has 0 fully saturated rings. The minimum absolute atomic E-state index is 0.0219. The molecule has 6 nitrogen and oxygen atoms in total. The number of halogens is 1. The molecule has 3 aromatic rings. The van der Waals surface area contributed by atoms with E-state index < -0.39 is 0 Å². The largest absolute Gasteiger partial charge is 0.469 e. The molecule has 0 unspecified atom stereocenters. The van der Waals surface area contributed by atoms with Crippen LogP contribution in [0.1, 0.15) is 10.6 Å². The van der Waals surface area contributed by atoms with Crippen molar-refractivity contribution in [2.24, 2.45) is 0 Å². The van der Waals surface area contributed by atoms with E-state index in [4.69, 9.17) is 4.42 Å². The molecular weight excluding hydrogens is 472 g/mol. The van der Waals surface area contributed by atoms with E-state index in [1.54, 1.807) is 34.7 Å². The Balaban J connectivity index is 1.73. The number of aryl methyl sites for hydroxylation is 1. The number of thiophene rings is 1. The summed E-state index contributed by atoms with van der Waals surface area (Å²) in [5.41, 5.74) is 0.883. The molecule has 9 heteroatoms. The van der Waals surface area contributed by atoms with Crippen LogP contribution in [0, 0.1) is 6.92 Å². The Kier molecular flexibility index (Phi) is 7.51. The first-order valence-electron chi connectivity index (χ1n) is 8.87. The molecule has 0 spiro atoms. The zero-order chi connectivity index (χ0) is 20.8. The van der Waals surface area contributed by atoms with Gasteiger partial charge in [-0.25, -0.2) is 0 Å². The van der Waals surface area contributed by atoms with E-state index in [2.05, 4.69) is 39.3 Å². The molecule has 0 aliphatic rings. The summed E-state index contributed by atoms with van der Waals surface area (Å²) in [5, 5.41) is 9.27. The van der Waals surface area contributed by atoms with E-state index >= 15 is 0 Å². The topological polar surface area (TPSA) is 64.2 Å². The Morgan fingerprint density at radius 2 is 2.17 bits per heavy atom. The molecule has 0 atom stereocenters. The molecule has 0 saturated heterocycles. The molecule has 0 saturated carbocycles. The third kappa shape index (κ3) is 5.29. The monoisotopic (exact) mass is 492 g/mol. The fourth-order valence-electron chi connectivity index (χ4n) is 2.76. The molecule has 3 rings (SSSR count). The molecule has 0 radical (unpaired) electrons. The van der Waals surface area contributed by atoms with Crippen LogP contribution >= 0.6 is 39.0 Å². The van der Waals surface area contributed by atoms with Crippen molar-refractivity contribution in [2.75, 3.05) is 12.3 Å². The Morgan fingerprint density at radius 1 is 1.34 bits per heavy atom. The van der Waals surface area contributed by atoms with Crippen molar-refractivity contribution in [2.45, 2.75) is 25.2 Å². The average molecular weight is 493 g/mol. The Labute approximate surface area is 186 Å². The summed E-state index contributed by atoms with van der Waals surface area (Å²) in [6.45, 7) is 11.1. The Bertz CT molecular complexity index is 1010. The van der Waals surface area contributed by atoms with E-state index in [1.807, 2.05) is 29.7 Å². The van der Waals surface area contributed by atoms with Crippen molar-refractivity contribution >= 4 is 44.9 Å². The number of amides is 1. The highest BCUT2D eigenvalue weighted by atomic mass is 79.9. The van der Waals surface area contributed by atoms with Gasteiger partial charge in [-0.1, -0.05) is 23.9 Å². The molecule has 0 N–H and O–H groups in total. The SMILES string of the molecule is C=CCN(Cc1ccc(Br)s1)C(=O)CSc1nnc(-c2ccoc2C)n1CC=C. The van der Waals surface area contributed by atoms with Gasteiger partial charge in [0.25, 0.3) is 0 Å². The third-order valence-electron chi connectivity index (χ3n) is 4.13. The van der Waals surface area contributed by atoms with Gasteiger partial charge >= 0.3 is 0 Å². The molecule has 3 aromatic heterocycles. The van der Waals surface area contributed by atoms with Crippen molar-refractivity contribution in [1.29, 1.82) is 0 Å². The van der Waals surface area contributed by atoms with Crippen molar-refractivity contribution < 1.29 is 9.21 Å². The lowest BCUT2D eigenvalue weighted by Gasteiger charge is -2.20. The van der Waals surface area contributed by atoms with Crippen molar-refractivity contribution in [1.82, 2.24) is 19.7 Å². The van der Waals surface area contributed by atoms with E-state index in [-0.39, 0.29) is 11.7 Å². The van der Waals surface area contributed by atoms with Crippen LogP contribution in [-0.2, 0) is 17.9 Å². The number of rotatable bonds is 10. The van der Waals surface area contributed by atoms with Gasteiger partial charge in [-0.2, -0.15) is 0 Å². The van der Waals surface area contributed by atoms with Crippen LogP contribution in [0.3, 0.4) is 0 Å². The lowest BCUT2D eigenvalue weighted by molar-refractivity contribution is -0.128. The maximum atomic E-state index is 12.8. The fourth-order valence-corrected chi connectivity index (χ4v) is 5.11. The molecule has 152 valence electrons. The van der Waals surface area contributed by atoms with Gasteiger partial charge in [-0.15, -0.1) is 34.7 Å². The predicted molar refractivity (Wildman–Crippen MR) is 121 cm³/mol. The summed E-state index contributed by atoms with van der Waals surface area (Å²) in [6.07, 6.45) is 5.15. The second-order valence-electron chi connectivity index (χ2n) is 6.15. The minimum atomic E-state index is 0.0219. The minimum Gasteiger partial charge on any atom is -0.469 e. The molecule has 0 aliphatic heterocycles. The maximum Gasteiger partial charge on any atom is 0.233 e. The van der Waals surface area contributed by atoms with Gasteiger partial charge in [0.15, 0.2) is 11.0 Å². The zero-order valence-corrected chi connectivity index (χ0v) is 19.2. The number of carbonyl (C=O) groups excluding carboxylic acids is 1. The standard InChI is InChI=1S/C20H21BrN4O2S2/c1-4-9-24(12-15-6-7-17(21)29-15)18(26)13-28-20-23-22-19(25(20)10-5-2)16-8-11-27-14(16)3/h4-8,11H,1-2,9-10,12-13H2,3H3. The van der Waals surface area contributed by atoms with E-state index in [1.165, 1.54) is 11.8 Å². The lowest BCUT2D eigenvalue weighted by atomic mass is 10.2. The lowest BCUT2D eigenvalue weighted by Crippen LogP contribution is -2.31. The second-order valence-corrected chi connectivity index (χ2v) is 9.64. The zero-order valence-electron chi connectivity index (χ0n) is 16.0. The van der Waals surface area contributed by atoms with Crippen LogP contribution in [-0.4, -0.2) is 37.9 Å². The summed E-state index contributed by atoms with van der Waals surface area (Å²) in [5.74, 6) is 1.76. The molecular formula is C20H21BrN4O2S2. The van der Waals surface area contributed by atoms with Gasteiger partial charge in [0, 0.05) is 18.0 Å². The van der Waals surface area contributed by atoms with Crippen LogP contribution in [0.15, 0.2) is 63.1 Å². The Morgan fingerprint density at radius 3 is 2.79 bits per heavy atom. The van der Waals surface area contributed by atoms with E-state index in [9.17, 15) is 4.79 Å². The Hall–Kier alpha value is -2.10. The molecule has 29 heavy (non-hydrogen) atoms. The van der Waals surface area contributed by atoms with Crippen molar-refractivity contribution in [3.05, 3.63) is 64.2 Å². The van der Waals surface area contributed by atoms with E-state index in [0.717, 1.165) is 20.0 Å². The predicted octanol–water partition coefficient (Wildman–Crippen LogP) is 5.16. The number of carbonyl (C=O) groups is 1. The molecule has 1 amide bonds. The summed E-state index contributed by atoms with van der Waals surface area (Å²) in [7, 11) is 0. The first-order valence-corrected chi connectivity index (χ1v) is 11.5. The van der Waals surface area contributed by atoms with Gasteiger partial charge in [0.05, 0.1) is 27.9 Å².